The van der Waals surface area contributed by atoms with Crippen LogP contribution in [0.4, 0.5) is 0 Å². The Morgan fingerprint density at radius 3 is 2.27 bits per heavy atom. The fraction of sp³-hybridized carbons (Fsp3) is 0.553. The van der Waals surface area contributed by atoms with Gasteiger partial charge in [-0.05, 0) is 109 Å². The lowest BCUT2D eigenvalue weighted by molar-refractivity contribution is -0.162. The normalized spacial score (nSPS) is 35.4. The molecular formula is C38H48O2. The molecule has 2 heteroatoms. The molecule has 4 aliphatic rings. The van der Waals surface area contributed by atoms with Crippen molar-refractivity contribution in [2.45, 2.75) is 91.6 Å². The molecule has 0 unspecified atom stereocenters. The van der Waals surface area contributed by atoms with Gasteiger partial charge in [-0.1, -0.05) is 99.2 Å². The Bertz CT molecular complexity index is 1220. The predicted octanol–water partition coefficient (Wildman–Crippen LogP) is 9.66. The topological polar surface area (TPSA) is 26.3 Å². The predicted molar refractivity (Wildman–Crippen MR) is 164 cm³/mol. The van der Waals surface area contributed by atoms with Crippen molar-refractivity contribution >= 4 is 11.5 Å². The first kappa shape index (κ1) is 27.6. The van der Waals surface area contributed by atoms with Crippen molar-refractivity contribution in [2.75, 3.05) is 0 Å². The van der Waals surface area contributed by atoms with Gasteiger partial charge in [-0.3, -0.25) is 4.79 Å². The molecule has 212 valence electrons. The highest BCUT2D eigenvalue weighted by molar-refractivity contribution is 5.79. The Balaban J connectivity index is 1.23. The highest BCUT2D eigenvalue weighted by Crippen LogP contribution is 2.67. The summed E-state index contributed by atoms with van der Waals surface area (Å²) < 4.78 is 6.05. The summed E-state index contributed by atoms with van der Waals surface area (Å²) >= 11 is 0. The molecule has 2 nitrogen and oxygen atoms in total. The number of hydrogen-bond acceptors (Lipinski definition) is 2. The molecule has 0 bridgehead atoms. The molecule has 0 spiro atoms. The number of esters is 1. The molecule has 2 aromatic carbocycles. The van der Waals surface area contributed by atoms with Crippen molar-refractivity contribution in [3.8, 4) is 0 Å². The van der Waals surface area contributed by atoms with Crippen LogP contribution in [0.3, 0.4) is 0 Å². The van der Waals surface area contributed by atoms with Crippen LogP contribution < -0.4 is 0 Å². The van der Waals surface area contributed by atoms with Crippen molar-refractivity contribution in [2.24, 2.45) is 40.4 Å². The first-order valence-corrected chi connectivity index (χ1v) is 16.0. The number of hydrogen-bond donors (Lipinski definition) is 0. The first-order chi connectivity index (χ1) is 19.3. The second-order valence-corrected chi connectivity index (χ2v) is 13.9. The van der Waals surface area contributed by atoms with E-state index < -0.39 is 0 Å². The van der Waals surface area contributed by atoms with Gasteiger partial charge in [0.25, 0.3) is 0 Å². The van der Waals surface area contributed by atoms with Gasteiger partial charge in [0.05, 0.1) is 0 Å². The summed E-state index contributed by atoms with van der Waals surface area (Å²) in [4.78, 5) is 12.1. The number of carbonyl (C=O) groups is 1. The van der Waals surface area contributed by atoms with Crippen molar-refractivity contribution < 1.29 is 9.53 Å². The van der Waals surface area contributed by atoms with Crippen molar-refractivity contribution in [3.63, 3.8) is 0 Å². The van der Waals surface area contributed by atoms with Crippen LogP contribution in [-0.4, -0.2) is 12.1 Å². The molecule has 3 saturated carbocycles. The lowest BCUT2D eigenvalue weighted by Crippen LogP contribution is -2.55. The highest BCUT2D eigenvalue weighted by atomic mass is 16.5. The second kappa shape index (κ2) is 11.0. The number of fused-ring (bicyclic) bond motifs is 5. The van der Waals surface area contributed by atoms with Crippen LogP contribution in [0.15, 0.2) is 78.4 Å². The number of rotatable bonds is 6. The van der Waals surface area contributed by atoms with E-state index in [0.29, 0.717) is 17.3 Å². The maximum atomic E-state index is 12.1. The smallest absolute Gasteiger partial charge is 0.302 e. The molecule has 0 radical (unpaired) electrons. The van der Waals surface area contributed by atoms with E-state index in [-0.39, 0.29) is 17.5 Å². The van der Waals surface area contributed by atoms with E-state index in [4.69, 9.17) is 4.74 Å². The van der Waals surface area contributed by atoms with E-state index in [9.17, 15) is 4.79 Å². The zero-order valence-corrected chi connectivity index (χ0v) is 25.1. The zero-order valence-electron chi connectivity index (χ0n) is 25.1. The maximum Gasteiger partial charge on any atom is 0.302 e. The number of allylic oxidation sites excluding steroid dienone is 2. The van der Waals surface area contributed by atoms with Crippen LogP contribution >= 0.6 is 0 Å². The molecule has 0 N–H and O–H groups in total. The molecule has 6 rings (SSSR count). The number of ether oxygens (including phenoxy) is 1. The van der Waals surface area contributed by atoms with Gasteiger partial charge in [0, 0.05) is 12.3 Å². The zero-order chi connectivity index (χ0) is 27.9. The van der Waals surface area contributed by atoms with E-state index >= 15 is 0 Å². The van der Waals surface area contributed by atoms with Gasteiger partial charge < -0.3 is 4.74 Å². The number of carbonyl (C=O) groups excluding carboxylic acids is 1. The van der Waals surface area contributed by atoms with E-state index in [1.165, 1.54) is 55.2 Å². The van der Waals surface area contributed by atoms with Crippen LogP contribution in [0.25, 0.3) is 5.57 Å². The van der Waals surface area contributed by atoms with Gasteiger partial charge in [-0.25, -0.2) is 0 Å². The third-order valence-corrected chi connectivity index (χ3v) is 12.0. The summed E-state index contributed by atoms with van der Waals surface area (Å²) in [6.45, 7) is 9.22. The Morgan fingerprint density at radius 2 is 1.62 bits per heavy atom. The lowest BCUT2D eigenvalue weighted by atomic mass is 9.46. The van der Waals surface area contributed by atoms with Crippen LogP contribution in [0.2, 0.25) is 0 Å². The Hall–Kier alpha value is -2.61. The standard InChI is InChI=1S/C38H48O2/c1-26(18-20-31(28-12-7-5-8-13-28)29-14-9-6-10-15-29)33-22-23-34-32-21-19-30-16-11-17-36(40-27(2)39)38(30,4)35(32)24-25-37(33,34)3/h5-10,12-15,19-20,26,32-36H,11,16-18,21-25H2,1-4H3/t26-,32-,33+,34-,35-,36+,37+,38-/m0/s1. The Kier molecular flexibility index (Phi) is 7.57. The van der Waals surface area contributed by atoms with Crippen LogP contribution in [-0.2, 0) is 9.53 Å². The average molecular weight is 537 g/mol. The third-order valence-electron chi connectivity index (χ3n) is 12.0. The van der Waals surface area contributed by atoms with Crippen LogP contribution in [0, 0.1) is 40.4 Å². The van der Waals surface area contributed by atoms with E-state index in [1.807, 2.05) is 0 Å². The highest BCUT2D eigenvalue weighted by Gasteiger charge is 2.61. The van der Waals surface area contributed by atoms with E-state index in [2.05, 4.69) is 93.6 Å². The van der Waals surface area contributed by atoms with Gasteiger partial charge in [-0.2, -0.15) is 0 Å². The fourth-order valence-corrected chi connectivity index (χ4v) is 10.2. The fourth-order valence-electron chi connectivity index (χ4n) is 10.2. The summed E-state index contributed by atoms with van der Waals surface area (Å²) in [7, 11) is 0. The molecule has 40 heavy (non-hydrogen) atoms. The molecule has 8 atom stereocenters. The lowest BCUT2D eigenvalue weighted by Gasteiger charge is -2.59. The Labute approximate surface area is 242 Å². The summed E-state index contributed by atoms with van der Waals surface area (Å²) in [5.41, 5.74) is 6.01. The van der Waals surface area contributed by atoms with Gasteiger partial charge in [0.2, 0.25) is 0 Å². The van der Waals surface area contributed by atoms with Crippen LogP contribution in [0.1, 0.15) is 96.6 Å². The maximum absolute atomic E-state index is 12.1. The Morgan fingerprint density at radius 1 is 0.950 bits per heavy atom. The summed E-state index contributed by atoms with van der Waals surface area (Å²) in [5, 5.41) is 0. The van der Waals surface area contributed by atoms with Gasteiger partial charge >= 0.3 is 5.97 Å². The second-order valence-electron chi connectivity index (χ2n) is 13.9. The molecule has 4 aliphatic carbocycles. The van der Waals surface area contributed by atoms with E-state index in [0.717, 1.165) is 37.0 Å². The molecule has 0 saturated heterocycles. The SMILES string of the molecule is CC(=O)O[C@@H]1CCCC2=CC[C@H]3[C@@H]4CC[C@H]([C@@H](C)CC=C(c5ccccc5)c5ccccc5)[C@@]4(C)CC[C@@H]3[C@]21C. The monoisotopic (exact) mass is 536 g/mol. The average Bonchev–Trinajstić information content (AvgIpc) is 3.32. The van der Waals surface area contributed by atoms with Crippen molar-refractivity contribution in [1.29, 1.82) is 0 Å². The minimum atomic E-state index is -0.108. The summed E-state index contributed by atoms with van der Waals surface area (Å²) in [5.74, 6) is 3.45. The van der Waals surface area contributed by atoms with Crippen molar-refractivity contribution in [3.05, 3.63) is 89.5 Å². The third kappa shape index (κ3) is 4.70. The molecule has 3 fully saturated rings. The van der Waals surface area contributed by atoms with Crippen molar-refractivity contribution in [1.82, 2.24) is 0 Å². The summed E-state index contributed by atoms with van der Waals surface area (Å²) in [6.07, 6.45) is 16.2. The van der Waals surface area contributed by atoms with Gasteiger partial charge in [0.1, 0.15) is 6.10 Å². The first-order valence-electron chi connectivity index (χ1n) is 16.0. The number of benzene rings is 2. The van der Waals surface area contributed by atoms with E-state index in [1.54, 1.807) is 12.5 Å². The molecular weight excluding hydrogens is 488 g/mol. The molecule has 0 heterocycles. The quantitative estimate of drug-likeness (QED) is 0.271. The molecule has 0 aromatic heterocycles. The molecule has 0 amide bonds. The largest absolute Gasteiger partial charge is 0.462 e. The van der Waals surface area contributed by atoms with Gasteiger partial charge in [-0.15, -0.1) is 0 Å². The molecule has 0 aliphatic heterocycles. The minimum Gasteiger partial charge on any atom is -0.462 e. The van der Waals surface area contributed by atoms with Gasteiger partial charge in [0.15, 0.2) is 0 Å². The minimum absolute atomic E-state index is 0.0286. The summed E-state index contributed by atoms with van der Waals surface area (Å²) in [6, 6.07) is 21.8. The van der Waals surface area contributed by atoms with Crippen LogP contribution in [0.5, 0.6) is 0 Å². The molecule has 2 aromatic rings.